The number of nitrogens with one attached hydrogen (secondary N) is 1. The third kappa shape index (κ3) is 4.79. The molecule has 6 heteroatoms. The van der Waals surface area contributed by atoms with E-state index in [0.717, 1.165) is 17.7 Å². The summed E-state index contributed by atoms with van der Waals surface area (Å²) >= 11 is 6.33. The van der Waals surface area contributed by atoms with Gasteiger partial charge in [0.25, 0.3) is 0 Å². The molecule has 0 heterocycles. The van der Waals surface area contributed by atoms with Crippen LogP contribution >= 0.6 is 11.6 Å². The van der Waals surface area contributed by atoms with Gasteiger partial charge in [-0.1, -0.05) is 36.7 Å². The highest BCUT2D eigenvalue weighted by Gasteiger charge is 2.17. The van der Waals surface area contributed by atoms with Crippen LogP contribution in [0, 0.1) is 0 Å². The molecular weight excluding hydrogens is 340 g/mol. The highest BCUT2D eigenvalue weighted by Crippen LogP contribution is 2.35. The van der Waals surface area contributed by atoms with Crippen LogP contribution in [0.4, 0.5) is 10.5 Å². The average molecular weight is 363 g/mol. The topological polar surface area (TPSA) is 50.8 Å². The highest BCUT2D eigenvalue weighted by molar-refractivity contribution is 6.32. The maximum atomic E-state index is 11.7. The fraction of sp³-hybridized carbons (Fsp3) is 0.316. The monoisotopic (exact) mass is 362 g/mol. The quantitative estimate of drug-likeness (QED) is 0.789. The zero-order valence-electron chi connectivity index (χ0n) is 14.9. The van der Waals surface area contributed by atoms with E-state index in [1.54, 1.807) is 39.4 Å². The Morgan fingerprint density at radius 1 is 1.20 bits per heavy atom. The van der Waals surface area contributed by atoms with Crippen LogP contribution in [-0.2, 0) is 0 Å². The summed E-state index contributed by atoms with van der Waals surface area (Å²) in [4.78, 5) is 13.2. The van der Waals surface area contributed by atoms with Crippen LogP contribution in [0.15, 0.2) is 42.5 Å². The molecule has 0 aromatic heterocycles. The first-order valence-corrected chi connectivity index (χ1v) is 8.41. The molecule has 0 aliphatic heterocycles. The minimum absolute atomic E-state index is 0.184. The smallest absolute Gasteiger partial charge is 0.321 e. The van der Waals surface area contributed by atoms with E-state index >= 15 is 0 Å². The maximum Gasteiger partial charge on any atom is 0.321 e. The van der Waals surface area contributed by atoms with Crippen molar-refractivity contribution in [2.24, 2.45) is 0 Å². The van der Waals surface area contributed by atoms with Gasteiger partial charge in [0.05, 0.1) is 12.1 Å². The van der Waals surface area contributed by atoms with E-state index in [1.165, 1.54) is 4.90 Å². The van der Waals surface area contributed by atoms with Crippen molar-refractivity contribution in [2.45, 2.75) is 19.4 Å². The Bertz CT molecular complexity index is 734. The Kier molecular flexibility index (Phi) is 6.53. The van der Waals surface area contributed by atoms with Crippen LogP contribution < -0.4 is 14.8 Å². The number of benzene rings is 2. The second kappa shape index (κ2) is 8.62. The van der Waals surface area contributed by atoms with Gasteiger partial charge in [0.15, 0.2) is 0 Å². The summed E-state index contributed by atoms with van der Waals surface area (Å²) in [5.74, 6) is 1.34. The molecule has 1 atom stereocenters. The van der Waals surface area contributed by atoms with E-state index in [9.17, 15) is 4.79 Å². The number of ether oxygens (including phenoxy) is 2. The number of hydrogen-bond acceptors (Lipinski definition) is 3. The summed E-state index contributed by atoms with van der Waals surface area (Å²) in [6.07, 6.45) is 0.575. The van der Waals surface area contributed by atoms with Gasteiger partial charge in [0.2, 0.25) is 0 Å². The molecule has 0 bridgehead atoms. The number of hydrogen-bond donors (Lipinski definition) is 1. The van der Waals surface area contributed by atoms with Crippen LogP contribution in [0.5, 0.6) is 11.5 Å². The van der Waals surface area contributed by atoms with Crippen LogP contribution in [0.25, 0.3) is 0 Å². The number of methoxy groups -OCH3 is 1. The molecule has 0 aliphatic rings. The Morgan fingerprint density at radius 2 is 1.92 bits per heavy atom. The van der Waals surface area contributed by atoms with Gasteiger partial charge in [-0.15, -0.1) is 0 Å². The first-order valence-electron chi connectivity index (χ1n) is 8.03. The van der Waals surface area contributed by atoms with Crippen molar-refractivity contribution in [1.82, 2.24) is 4.90 Å². The molecule has 0 saturated carbocycles. The van der Waals surface area contributed by atoms with Gasteiger partial charge in [-0.05, 0) is 30.7 Å². The first-order chi connectivity index (χ1) is 12.0. The molecule has 0 aliphatic carbocycles. The summed E-state index contributed by atoms with van der Waals surface area (Å²) in [6.45, 7) is 2.04. The maximum absolute atomic E-state index is 11.7. The summed E-state index contributed by atoms with van der Waals surface area (Å²) in [7, 11) is 4.99. The van der Waals surface area contributed by atoms with Gasteiger partial charge in [-0.25, -0.2) is 4.79 Å². The van der Waals surface area contributed by atoms with Crippen molar-refractivity contribution in [1.29, 1.82) is 0 Å². The second-order valence-corrected chi connectivity index (χ2v) is 6.13. The average Bonchev–Trinajstić information content (AvgIpc) is 2.61. The molecule has 1 N–H and O–H groups in total. The summed E-state index contributed by atoms with van der Waals surface area (Å²) in [5.41, 5.74) is 1.58. The second-order valence-electron chi connectivity index (χ2n) is 5.73. The number of nitrogens with zero attached hydrogens (tertiary/aromatic N) is 1. The van der Waals surface area contributed by atoms with Crippen LogP contribution in [-0.4, -0.2) is 32.1 Å². The fourth-order valence-corrected chi connectivity index (χ4v) is 2.59. The SMILES string of the molecule is CCC(Oc1ccc(NC(=O)N(C)C)cc1Cl)c1ccccc1OC. The van der Waals surface area contributed by atoms with Crippen molar-refractivity contribution >= 4 is 23.3 Å². The van der Waals surface area contributed by atoms with Crippen LogP contribution in [0.3, 0.4) is 0 Å². The molecule has 1 unspecified atom stereocenters. The molecule has 25 heavy (non-hydrogen) atoms. The van der Waals surface area contributed by atoms with Crippen molar-refractivity contribution in [3.63, 3.8) is 0 Å². The standard InChI is InChI=1S/C19H23ClN2O3/c1-5-16(14-8-6-7-9-17(14)24-4)25-18-11-10-13(12-15(18)20)21-19(23)22(2)3/h6-12,16H,5H2,1-4H3,(H,21,23). The summed E-state index contributed by atoms with van der Waals surface area (Å²) in [6, 6.07) is 12.7. The Morgan fingerprint density at radius 3 is 2.52 bits per heavy atom. The van der Waals surface area contributed by atoms with Crippen LogP contribution in [0.2, 0.25) is 5.02 Å². The van der Waals surface area contributed by atoms with E-state index < -0.39 is 0 Å². The minimum atomic E-state index is -0.217. The molecule has 0 fully saturated rings. The van der Waals surface area contributed by atoms with Crippen LogP contribution in [0.1, 0.15) is 25.0 Å². The van der Waals surface area contributed by atoms with Crippen molar-refractivity contribution in [2.75, 3.05) is 26.5 Å². The molecule has 0 saturated heterocycles. The Hall–Kier alpha value is -2.40. The van der Waals surface area contributed by atoms with E-state index in [-0.39, 0.29) is 12.1 Å². The van der Waals surface area contributed by atoms with E-state index in [1.807, 2.05) is 31.2 Å². The Labute approximate surface area is 153 Å². The van der Waals surface area contributed by atoms with Gasteiger partial charge in [0, 0.05) is 25.3 Å². The zero-order chi connectivity index (χ0) is 18.4. The molecular formula is C19H23ClN2O3. The lowest BCUT2D eigenvalue weighted by atomic mass is 10.1. The Balaban J connectivity index is 2.19. The summed E-state index contributed by atoms with van der Waals surface area (Å²) in [5, 5.41) is 3.19. The third-order valence-corrected chi connectivity index (χ3v) is 4.01. The normalized spacial score (nSPS) is 11.6. The molecule has 2 amide bonds. The minimum Gasteiger partial charge on any atom is -0.496 e. The molecule has 0 spiro atoms. The molecule has 0 radical (unpaired) electrons. The largest absolute Gasteiger partial charge is 0.496 e. The number of halogens is 1. The molecule has 2 aromatic carbocycles. The van der Waals surface area contributed by atoms with Crippen molar-refractivity contribution < 1.29 is 14.3 Å². The molecule has 2 rings (SSSR count). The van der Waals surface area contributed by atoms with Crippen molar-refractivity contribution in [3.8, 4) is 11.5 Å². The lowest BCUT2D eigenvalue weighted by molar-refractivity contribution is 0.196. The zero-order valence-corrected chi connectivity index (χ0v) is 15.6. The highest BCUT2D eigenvalue weighted by atomic mass is 35.5. The van der Waals surface area contributed by atoms with Crippen molar-refractivity contribution in [3.05, 3.63) is 53.1 Å². The van der Waals surface area contributed by atoms with Gasteiger partial charge in [0.1, 0.15) is 17.6 Å². The van der Waals surface area contributed by atoms with E-state index in [2.05, 4.69) is 5.32 Å². The lowest BCUT2D eigenvalue weighted by Crippen LogP contribution is -2.27. The fourth-order valence-electron chi connectivity index (χ4n) is 2.36. The first kappa shape index (κ1) is 18.9. The molecule has 5 nitrogen and oxygen atoms in total. The van der Waals surface area contributed by atoms with Gasteiger partial charge in [-0.3, -0.25) is 0 Å². The number of rotatable bonds is 6. The number of amides is 2. The predicted molar refractivity (Wildman–Crippen MR) is 101 cm³/mol. The predicted octanol–water partition coefficient (Wildman–Crippen LogP) is 4.97. The number of carbonyl (C=O) groups is 1. The number of para-hydroxylation sites is 1. The van der Waals surface area contributed by atoms with E-state index in [4.69, 9.17) is 21.1 Å². The number of anilines is 1. The molecule has 134 valence electrons. The van der Waals surface area contributed by atoms with Gasteiger partial charge < -0.3 is 19.7 Å². The lowest BCUT2D eigenvalue weighted by Gasteiger charge is -2.21. The van der Waals surface area contributed by atoms with E-state index in [0.29, 0.717) is 16.5 Å². The number of carbonyl (C=O) groups excluding carboxylic acids is 1. The summed E-state index contributed by atoms with van der Waals surface area (Å²) < 4.78 is 11.5. The molecule has 2 aromatic rings. The third-order valence-electron chi connectivity index (χ3n) is 3.72. The van der Waals surface area contributed by atoms with Gasteiger partial charge in [-0.2, -0.15) is 0 Å². The number of urea groups is 1. The van der Waals surface area contributed by atoms with Gasteiger partial charge >= 0.3 is 6.03 Å².